The van der Waals surface area contributed by atoms with E-state index in [9.17, 15) is 4.79 Å². The molecule has 0 atom stereocenters. The van der Waals surface area contributed by atoms with Crippen molar-refractivity contribution in [2.75, 3.05) is 44.5 Å². The Morgan fingerprint density at radius 1 is 1.48 bits per heavy atom. The van der Waals surface area contributed by atoms with Crippen LogP contribution in [-0.4, -0.2) is 55.8 Å². The first-order valence-electron chi connectivity index (χ1n) is 6.69. The minimum Gasteiger partial charge on any atom is -0.473 e. The molecule has 0 aliphatic rings. The van der Waals surface area contributed by atoms with E-state index in [0.29, 0.717) is 30.5 Å². The van der Waals surface area contributed by atoms with Gasteiger partial charge in [-0.05, 0) is 13.8 Å². The Morgan fingerprint density at radius 3 is 2.81 bits per heavy atom. The molecule has 0 spiro atoms. The van der Waals surface area contributed by atoms with Crippen molar-refractivity contribution in [3.05, 3.63) is 6.33 Å². The summed E-state index contributed by atoms with van der Waals surface area (Å²) in [6, 6.07) is 0. The quantitative estimate of drug-likeness (QED) is 0.653. The van der Waals surface area contributed by atoms with E-state index in [1.54, 1.807) is 19.1 Å². The summed E-state index contributed by atoms with van der Waals surface area (Å²) in [5, 5.41) is 2.73. The molecule has 0 saturated heterocycles. The molecule has 0 aromatic carbocycles. The van der Waals surface area contributed by atoms with Crippen molar-refractivity contribution in [2.45, 2.75) is 20.0 Å². The summed E-state index contributed by atoms with van der Waals surface area (Å²) in [5.41, 5.74) is 6.30. The molecule has 0 bridgehead atoms. The van der Waals surface area contributed by atoms with Crippen LogP contribution in [0.3, 0.4) is 0 Å². The molecule has 0 radical (unpaired) electrons. The van der Waals surface area contributed by atoms with Crippen molar-refractivity contribution >= 4 is 17.4 Å². The SMILES string of the molecule is COCCNC(=O)CN(C)c1ncnc(OC(C)C)c1N. The zero-order valence-electron chi connectivity index (χ0n) is 12.9. The van der Waals surface area contributed by atoms with Crippen molar-refractivity contribution in [3.8, 4) is 5.88 Å². The molecule has 1 heterocycles. The van der Waals surface area contributed by atoms with Crippen LogP contribution < -0.4 is 20.7 Å². The van der Waals surface area contributed by atoms with Gasteiger partial charge in [0, 0.05) is 20.7 Å². The van der Waals surface area contributed by atoms with Crippen LogP contribution in [0.4, 0.5) is 11.5 Å². The fourth-order valence-electron chi connectivity index (χ4n) is 1.63. The van der Waals surface area contributed by atoms with Crippen molar-refractivity contribution < 1.29 is 14.3 Å². The lowest BCUT2D eigenvalue weighted by molar-refractivity contribution is -0.119. The number of carbonyl (C=O) groups is 1. The molecule has 1 amide bonds. The number of methoxy groups -OCH3 is 1. The second kappa shape index (κ2) is 8.25. The van der Waals surface area contributed by atoms with E-state index in [0.717, 1.165) is 0 Å². The molecular weight excluding hydrogens is 274 g/mol. The lowest BCUT2D eigenvalue weighted by Crippen LogP contribution is -2.37. The molecule has 8 nitrogen and oxygen atoms in total. The van der Waals surface area contributed by atoms with Crippen LogP contribution >= 0.6 is 0 Å². The molecule has 8 heteroatoms. The number of anilines is 2. The molecule has 3 N–H and O–H groups in total. The van der Waals surface area contributed by atoms with Crippen LogP contribution in [-0.2, 0) is 9.53 Å². The summed E-state index contributed by atoms with van der Waals surface area (Å²) in [5.74, 6) is 0.642. The van der Waals surface area contributed by atoms with E-state index < -0.39 is 0 Å². The maximum Gasteiger partial charge on any atom is 0.242 e. The standard InChI is InChI=1S/C13H23N5O3/c1-9(2)21-13-11(14)12(16-8-17-13)18(3)7-10(19)15-5-6-20-4/h8-9H,5-7,14H2,1-4H3,(H,15,19). The highest BCUT2D eigenvalue weighted by atomic mass is 16.5. The van der Waals surface area contributed by atoms with Crippen LogP contribution in [0, 0.1) is 0 Å². The number of aromatic nitrogens is 2. The Morgan fingerprint density at radius 2 is 2.19 bits per heavy atom. The third-order valence-corrected chi connectivity index (χ3v) is 2.54. The van der Waals surface area contributed by atoms with Gasteiger partial charge in [0.05, 0.1) is 19.3 Å². The average Bonchev–Trinajstić information content (AvgIpc) is 2.40. The molecule has 21 heavy (non-hydrogen) atoms. The Kier molecular flexibility index (Phi) is 6.67. The number of nitrogens with zero attached hydrogens (tertiary/aromatic N) is 3. The lowest BCUT2D eigenvalue weighted by Gasteiger charge is -2.20. The second-order valence-electron chi connectivity index (χ2n) is 4.78. The second-order valence-corrected chi connectivity index (χ2v) is 4.78. The van der Waals surface area contributed by atoms with Gasteiger partial charge in [-0.1, -0.05) is 0 Å². The normalized spacial score (nSPS) is 10.5. The number of carbonyl (C=O) groups excluding carboxylic acids is 1. The molecule has 0 aliphatic carbocycles. The summed E-state index contributed by atoms with van der Waals surface area (Å²) < 4.78 is 10.4. The van der Waals surface area contributed by atoms with E-state index in [4.69, 9.17) is 15.2 Å². The van der Waals surface area contributed by atoms with Gasteiger partial charge in [0.2, 0.25) is 11.8 Å². The number of rotatable bonds is 8. The summed E-state index contributed by atoms with van der Waals surface area (Å²) in [7, 11) is 3.31. The minimum absolute atomic E-state index is 0.0438. The molecule has 0 fully saturated rings. The summed E-state index contributed by atoms with van der Waals surface area (Å²) >= 11 is 0. The smallest absolute Gasteiger partial charge is 0.242 e. The van der Waals surface area contributed by atoms with Gasteiger partial charge in [0.15, 0.2) is 5.82 Å². The summed E-state index contributed by atoms with van der Waals surface area (Å²) in [6.07, 6.45) is 1.32. The van der Waals surface area contributed by atoms with Gasteiger partial charge in [0.25, 0.3) is 0 Å². The van der Waals surface area contributed by atoms with Crippen molar-refractivity contribution in [1.29, 1.82) is 0 Å². The molecule has 1 aromatic rings. The van der Waals surface area contributed by atoms with E-state index >= 15 is 0 Å². The van der Waals surface area contributed by atoms with Gasteiger partial charge < -0.3 is 25.4 Å². The number of hydrogen-bond acceptors (Lipinski definition) is 7. The van der Waals surface area contributed by atoms with Gasteiger partial charge in [0.1, 0.15) is 12.0 Å². The number of hydrogen-bond donors (Lipinski definition) is 2. The van der Waals surface area contributed by atoms with E-state index in [2.05, 4.69) is 15.3 Å². The highest BCUT2D eigenvalue weighted by Gasteiger charge is 2.16. The minimum atomic E-state index is -0.140. The molecule has 0 unspecified atom stereocenters. The van der Waals surface area contributed by atoms with Crippen LogP contribution in [0.5, 0.6) is 5.88 Å². The highest BCUT2D eigenvalue weighted by molar-refractivity contribution is 5.82. The van der Waals surface area contributed by atoms with Crippen LogP contribution in [0.25, 0.3) is 0 Å². The zero-order valence-corrected chi connectivity index (χ0v) is 12.9. The van der Waals surface area contributed by atoms with Gasteiger partial charge >= 0.3 is 0 Å². The molecular formula is C13H23N5O3. The first kappa shape index (κ1) is 17.0. The zero-order chi connectivity index (χ0) is 15.8. The number of amides is 1. The Bertz CT molecular complexity index is 467. The topological polar surface area (TPSA) is 103 Å². The van der Waals surface area contributed by atoms with E-state index in [1.165, 1.54) is 6.33 Å². The Labute approximate surface area is 124 Å². The first-order valence-corrected chi connectivity index (χ1v) is 6.69. The molecule has 0 saturated carbocycles. The predicted molar refractivity (Wildman–Crippen MR) is 80.4 cm³/mol. The largest absolute Gasteiger partial charge is 0.473 e. The summed E-state index contributed by atoms with van der Waals surface area (Å²) in [6.45, 7) is 4.83. The predicted octanol–water partition coefficient (Wildman–Crippen LogP) is 0.0448. The number of nitrogens with one attached hydrogen (secondary N) is 1. The number of nitrogen functional groups attached to an aromatic ring is 1. The Balaban J connectivity index is 2.69. The highest BCUT2D eigenvalue weighted by Crippen LogP contribution is 2.27. The molecule has 0 aliphatic heterocycles. The van der Waals surface area contributed by atoms with E-state index in [1.807, 2.05) is 13.8 Å². The van der Waals surface area contributed by atoms with Crippen LogP contribution in [0.15, 0.2) is 6.33 Å². The number of likely N-dealkylation sites (N-methyl/N-ethyl adjacent to an activating group) is 1. The van der Waals surface area contributed by atoms with Crippen molar-refractivity contribution in [1.82, 2.24) is 15.3 Å². The first-order chi connectivity index (χ1) is 9.95. The van der Waals surface area contributed by atoms with Crippen LogP contribution in [0.1, 0.15) is 13.8 Å². The van der Waals surface area contributed by atoms with Crippen molar-refractivity contribution in [2.24, 2.45) is 0 Å². The lowest BCUT2D eigenvalue weighted by atomic mass is 10.4. The third kappa shape index (κ3) is 5.42. The third-order valence-electron chi connectivity index (χ3n) is 2.54. The molecule has 1 aromatic heterocycles. The van der Waals surface area contributed by atoms with Crippen LogP contribution in [0.2, 0.25) is 0 Å². The van der Waals surface area contributed by atoms with Crippen molar-refractivity contribution in [3.63, 3.8) is 0 Å². The summed E-state index contributed by atoms with van der Waals surface area (Å²) in [4.78, 5) is 21.5. The van der Waals surface area contributed by atoms with Gasteiger partial charge in [-0.15, -0.1) is 0 Å². The van der Waals surface area contributed by atoms with E-state index in [-0.39, 0.29) is 18.6 Å². The molecule has 118 valence electrons. The monoisotopic (exact) mass is 297 g/mol. The van der Waals surface area contributed by atoms with Gasteiger partial charge in [-0.2, -0.15) is 4.98 Å². The van der Waals surface area contributed by atoms with Gasteiger partial charge in [-0.3, -0.25) is 4.79 Å². The molecule has 1 rings (SSSR count). The maximum atomic E-state index is 11.8. The average molecular weight is 297 g/mol. The fraction of sp³-hybridized carbons (Fsp3) is 0.615. The number of ether oxygens (including phenoxy) is 2. The number of nitrogens with two attached hydrogens (primary N) is 1. The maximum absolute atomic E-state index is 11.8. The Hall–Kier alpha value is -2.09. The van der Waals surface area contributed by atoms with Gasteiger partial charge in [-0.25, -0.2) is 4.98 Å². The fourth-order valence-corrected chi connectivity index (χ4v) is 1.63.